The van der Waals surface area contributed by atoms with Gasteiger partial charge in [0.25, 0.3) is 0 Å². The van der Waals surface area contributed by atoms with E-state index in [-0.39, 0.29) is 28.4 Å². The highest BCUT2D eigenvalue weighted by molar-refractivity contribution is 6.31. The first kappa shape index (κ1) is 28.2. The molecule has 7 N–H and O–H groups in total. The zero-order valence-corrected chi connectivity index (χ0v) is 20.6. The molecular weight excluding hydrogens is 451 g/mol. The van der Waals surface area contributed by atoms with Gasteiger partial charge in [0.15, 0.2) is 0 Å². The van der Waals surface area contributed by atoms with Crippen LogP contribution in [0.4, 0.5) is 5.95 Å². The topological polar surface area (TPSA) is 146 Å². The fourth-order valence-corrected chi connectivity index (χ4v) is 3.66. The van der Waals surface area contributed by atoms with Gasteiger partial charge in [0, 0.05) is 6.54 Å². The minimum absolute atomic E-state index is 0.0378. The van der Waals surface area contributed by atoms with E-state index in [0.29, 0.717) is 25.9 Å². The molecule has 0 saturated heterocycles. The number of unbranched alkanes of at least 4 members (excludes halogenated alkanes) is 9. The van der Waals surface area contributed by atoms with Crippen LogP contribution in [0, 0.1) is 0 Å². The van der Waals surface area contributed by atoms with Crippen LogP contribution < -0.4 is 27.1 Å². The maximum atomic E-state index is 12.7. The van der Waals surface area contributed by atoms with E-state index in [1.54, 1.807) is 0 Å². The molecule has 1 unspecified atom stereocenters. The number of carbonyl (C=O) groups is 1. The molecule has 1 heterocycles. The number of nitrogens with two attached hydrogens (primary N) is 2. The van der Waals surface area contributed by atoms with E-state index in [0.717, 1.165) is 12.8 Å². The summed E-state index contributed by atoms with van der Waals surface area (Å²) in [6, 6.07) is -0.548. The minimum Gasteiger partial charge on any atom is -0.354 e. The fraction of sp³-hybridized carbons (Fsp3) is 0.762. The second kappa shape index (κ2) is 17.7. The number of amides is 1. The standard InChI is InChI=1S/C21H38Cl2N8O/c1-2-3-4-5-6-7-8-9-10-11-14-26-17(32)16(13-12-15-27-20(24)25)28-21-30-18(22)29-19(23)31-21/h16H,2-15H2,1H3,(H,26,32)(H4,24,25,27)(H,28,29,30,31)/p+1. The van der Waals surface area contributed by atoms with E-state index in [1.807, 2.05) is 0 Å². The van der Waals surface area contributed by atoms with Crippen molar-refractivity contribution in [3.63, 3.8) is 0 Å². The largest absolute Gasteiger partial charge is 0.354 e. The molecule has 11 heteroatoms. The highest BCUT2D eigenvalue weighted by atomic mass is 35.5. The number of nitrogens with zero attached hydrogens (tertiary/aromatic N) is 3. The van der Waals surface area contributed by atoms with Crippen LogP contribution in [0.15, 0.2) is 0 Å². The van der Waals surface area contributed by atoms with Gasteiger partial charge in [-0.2, -0.15) is 15.0 Å². The third-order valence-electron chi connectivity index (χ3n) is 5.03. The molecule has 0 aliphatic rings. The van der Waals surface area contributed by atoms with Crippen molar-refractivity contribution in [2.24, 2.45) is 11.5 Å². The molecule has 182 valence electrons. The second-order valence-electron chi connectivity index (χ2n) is 7.89. The summed E-state index contributed by atoms with van der Waals surface area (Å²) >= 11 is 11.7. The fourth-order valence-electron chi connectivity index (χ4n) is 3.30. The van der Waals surface area contributed by atoms with Crippen molar-refractivity contribution in [1.29, 1.82) is 0 Å². The van der Waals surface area contributed by atoms with Crippen molar-refractivity contribution in [2.45, 2.75) is 90.0 Å². The van der Waals surface area contributed by atoms with Crippen molar-refractivity contribution in [2.75, 3.05) is 18.4 Å². The Hall–Kier alpha value is -1.87. The summed E-state index contributed by atoms with van der Waals surface area (Å²) in [6.45, 7) is 3.42. The molecular formula is C21H39Cl2N8O+. The summed E-state index contributed by atoms with van der Waals surface area (Å²) in [4.78, 5) is 27.2. The van der Waals surface area contributed by atoms with Crippen LogP contribution >= 0.6 is 23.2 Å². The maximum absolute atomic E-state index is 12.7. The van der Waals surface area contributed by atoms with E-state index in [9.17, 15) is 4.79 Å². The van der Waals surface area contributed by atoms with E-state index in [2.05, 4.69) is 37.5 Å². The molecule has 0 aromatic carbocycles. The lowest BCUT2D eigenvalue weighted by Gasteiger charge is -2.18. The Kier molecular flexibility index (Phi) is 15.5. The lowest BCUT2D eigenvalue weighted by Crippen LogP contribution is -2.78. The van der Waals surface area contributed by atoms with E-state index >= 15 is 0 Å². The molecule has 1 atom stereocenters. The predicted molar refractivity (Wildman–Crippen MR) is 131 cm³/mol. The highest BCUT2D eigenvalue weighted by Gasteiger charge is 2.19. The first-order valence-corrected chi connectivity index (χ1v) is 12.4. The molecule has 0 bridgehead atoms. The predicted octanol–water partition coefficient (Wildman–Crippen LogP) is 2.13. The van der Waals surface area contributed by atoms with Crippen LogP contribution in [-0.4, -0.2) is 46.0 Å². The van der Waals surface area contributed by atoms with Gasteiger partial charge in [0.1, 0.15) is 6.04 Å². The summed E-state index contributed by atoms with van der Waals surface area (Å²) in [5, 5.41) is 5.92. The molecule has 0 aliphatic carbocycles. The lowest BCUT2D eigenvalue weighted by atomic mass is 10.1. The molecule has 1 rings (SSSR count). The Bertz CT molecular complexity index is 666. The lowest BCUT2D eigenvalue weighted by molar-refractivity contribution is -0.459. The highest BCUT2D eigenvalue weighted by Crippen LogP contribution is 2.13. The molecule has 0 spiro atoms. The van der Waals surface area contributed by atoms with Gasteiger partial charge in [-0.15, -0.1) is 0 Å². The summed E-state index contributed by atoms with van der Waals surface area (Å²) in [5.74, 6) is 0.182. The Morgan fingerprint density at radius 1 is 0.906 bits per heavy atom. The van der Waals surface area contributed by atoms with Gasteiger partial charge in [-0.25, -0.2) is 0 Å². The molecule has 0 aliphatic heterocycles. The first-order valence-electron chi connectivity index (χ1n) is 11.7. The van der Waals surface area contributed by atoms with Crippen LogP contribution in [0.2, 0.25) is 10.6 Å². The van der Waals surface area contributed by atoms with Crippen molar-refractivity contribution < 1.29 is 9.79 Å². The van der Waals surface area contributed by atoms with E-state index in [4.69, 9.17) is 34.7 Å². The molecule has 0 radical (unpaired) electrons. The molecule has 1 aromatic rings. The quantitative estimate of drug-likeness (QED) is 0.120. The summed E-state index contributed by atoms with van der Waals surface area (Å²) < 4.78 is 0. The van der Waals surface area contributed by atoms with E-state index in [1.165, 1.54) is 51.4 Å². The van der Waals surface area contributed by atoms with Gasteiger partial charge >= 0.3 is 5.96 Å². The number of hydrogen-bond acceptors (Lipinski definition) is 5. The van der Waals surface area contributed by atoms with Crippen LogP contribution in [0.3, 0.4) is 0 Å². The van der Waals surface area contributed by atoms with Crippen molar-refractivity contribution in [3.8, 4) is 0 Å². The molecule has 0 fully saturated rings. The Morgan fingerprint density at radius 2 is 1.47 bits per heavy atom. The third-order valence-corrected chi connectivity index (χ3v) is 5.37. The number of rotatable bonds is 18. The van der Waals surface area contributed by atoms with Crippen molar-refractivity contribution >= 4 is 41.0 Å². The zero-order chi connectivity index (χ0) is 23.6. The number of hydrogen-bond donors (Lipinski definition) is 5. The zero-order valence-electron chi connectivity index (χ0n) is 19.1. The maximum Gasteiger partial charge on any atom is 0.338 e. The molecule has 1 amide bonds. The normalized spacial score (nSPS) is 11.7. The SMILES string of the molecule is CCCCCCCCCCCCNC(=O)C(CCC[NH+]=C(N)N)Nc1nc(Cl)nc(Cl)n1. The van der Waals surface area contributed by atoms with Gasteiger partial charge in [-0.05, 0) is 42.5 Å². The van der Waals surface area contributed by atoms with Gasteiger partial charge < -0.3 is 10.6 Å². The van der Waals surface area contributed by atoms with Gasteiger partial charge in [0.05, 0.1) is 6.54 Å². The third kappa shape index (κ3) is 14.2. The van der Waals surface area contributed by atoms with Gasteiger partial charge in [-0.1, -0.05) is 64.7 Å². The Labute approximate surface area is 201 Å². The number of aromatic nitrogens is 3. The summed E-state index contributed by atoms with van der Waals surface area (Å²) in [7, 11) is 0. The van der Waals surface area contributed by atoms with Crippen LogP contribution in [-0.2, 0) is 4.79 Å². The van der Waals surface area contributed by atoms with E-state index < -0.39 is 6.04 Å². The monoisotopic (exact) mass is 489 g/mol. The van der Waals surface area contributed by atoms with Crippen LogP contribution in [0.5, 0.6) is 0 Å². The number of nitrogens with one attached hydrogen (secondary N) is 3. The second-order valence-corrected chi connectivity index (χ2v) is 8.57. The van der Waals surface area contributed by atoms with Crippen LogP contribution in [0.25, 0.3) is 0 Å². The van der Waals surface area contributed by atoms with Gasteiger partial charge in [-0.3, -0.25) is 21.3 Å². The smallest absolute Gasteiger partial charge is 0.338 e. The number of carbonyl (C=O) groups excluding carboxylic acids is 1. The number of anilines is 1. The minimum atomic E-state index is -0.548. The number of halogens is 2. The Balaban J connectivity index is 2.37. The van der Waals surface area contributed by atoms with Gasteiger partial charge in [0.2, 0.25) is 22.4 Å². The summed E-state index contributed by atoms with van der Waals surface area (Å²) in [5.41, 5.74) is 10.8. The van der Waals surface area contributed by atoms with Crippen molar-refractivity contribution in [1.82, 2.24) is 20.3 Å². The van der Waals surface area contributed by atoms with Crippen LogP contribution in [0.1, 0.15) is 84.0 Å². The molecule has 9 nitrogen and oxygen atoms in total. The molecule has 0 saturated carbocycles. The average molecular weight is 491 g/mol. The summed E-state index contributed by atoms with van der Waals surface area (Å²) in [6.07, 6.45) is 13.7. The first-order chi connectivity index (χ1) is 15.4. The number of guanidine groups is 1. The molecule has 32 heavy (non-hydrogen) atoms. The average Bonchev–Trinajstić information content (AvgIpc) is 2.73. The van der Waals surface area contributed by atoms with Crippen molar-refractivity contribution in [3.05, 3.63) is 10.6 Å². The Morgan fingerprint density at radius 3 is 2.03 bits per heavy atom. The molecule has 1 aromatic heterocycles.